The highest BCUT2D eigenvalue weighted by molar-refractivity contribution is 5.70. The van der Waals surface area contributed by atoms with Gasteiger partial charge in [0.1, 0.15) is 5.76 Å². The van der Waals surface area contributed by atoms with Gasteiger partial charge in [-0.25, -0.2) is 0 Å². The molecule has 29 heavy (non-hydrogen) atoms. The summed E-state index contributed by atoms with van der Waals surface area (Å²) in [6, 6.07) is 0. The Morgan fingerprint density at radius 1 is 1.10 bits per heavy atom. The largest absolute Gasteiger partial charge is 0.494 e. The molecule has 0 aromatic heterocycles. The number of allylic oxidation sites excluding steroid dienone is 3. The van der Waals surface area contributed by atoms with E-state index >= 15 is 0 Å². The molecule has 168 valence electrons. The maximum Gasteiger partial charge on any atom is 0.306 e. The lowest BCUT2D eigenvalue weighted by molar-refractivity contribution is -0.143. The Morgan fingerprint density at radius 2 is 1.90 bits per heavy atom. The lowest BCUT2D eigenvalue weighted by atomic mass is 9.89. The fourth-order valence-corrected chi connectivity index (χ4v) is 3.53. The topological polar surface area (TPSA) is 85.2 Å². The fourth-order valence-electron chi connectivity index (χ4n) is 3.53. The molecule has 0 aliphatic heterocycles. The highest BCUT2D eigenvalue weighted by Gasteiger charge is 2.19. The highest BCUT2D eigenvalue weighted by atomic mass is 16.6. The minimum absolute atomic E-state index is 0.174. The van der Waals surface area contributed by atoms with E-state index in [9.17, 15) is 9.90 Å². The Labute approximate surface area is 175 Å². The van der Waals surface area contributed by atoms with Crippen molar-refractivity contribution in [3.05, 3.63) is 23.0 Å². The van der Waals surface area contributed by atoms with E-state index < -0.39 is 6.29 Å². The number of rotatable bonds is 17. The van der Waals surface area contributed by atoms with Crippen LogP contribution in [-0.2, 0) is 19.0 Å². The molecule has 6 heteroatoms. The van der Waals surface area contributed by atoms with Gasteiger partial charge in [-0.2, -0.15) is 0 Å². The van der Waals surface area contributed by atoms with E-state index in [1.165, 1.54) is 5.57 Å². The highest BCUT2D eigenvalue weighted by Crippen LogP contribution is 2.33. The lowest BCUT2D eigenvalue weighted by Gasteiger charge is -2.23. The zero-order valence-electron chi connectivity index (χ0n) is 18.3. The first-order valence-electron chi connectivity index (χ1n) is 11.2. The fraction of sp³-hybridized carbons (Fsp3) is 0.783. The van der Waals surface area contributed by atoms with Crippen LogP contribution in [0.5, 0.6) is 0 Å². The number of carbonyl (C=O) groups is 1. The quantitative estimate of drug-likeness (QED) is 0.209. The van der Waals surface area contributed by atoms with Crippen LogP contribution in [-0.4, -0.2) is 48.9 Å². The molecule has 0 amide bonds. The molecule has 0 aromatic carbocycles. The number of aliphatic hydroxyl groups is 2. The standard InChI is InChI=1S/C23H40O6/c1-3-27-22(25)14-10-18-29-21-13-9-12-19(11-7-5-6-8-17-24)20(21)15-16-23(26)28-4-2/h13,22,24-25H,3-12,14-18H2,1-2H3. The summed E-state index contributed by atoms with van der Waals surface area (Å²) >= 11 is 0. The van der Waals surface area contributed by atoms with Crippen molar-refractivity contribution < 1.29 is 29.2 Å². The Kier molecular flexibility index (Phi) is 14.5. The molecule has 0 saturated heterocycles. The van der Waals surface area contributed by atoms with Crippen LogP contribution in [0.4, 0.5) is 0 Å². The number of ether oxygens (including phenoxy) is 3. The molecule has 1 unspecified atom stereocenters. The second kappa shape index (κ2) is 16.4. The van der Waals surface area contributed by atoms with Crippen molar-refractivity contribution in [1.82, 2.24) is 0 Å². The first-order valence-corrected chi connectivity index (χ1v) is 11.2. The third-order valence-corrected chi connectivity index (χ3v) is 4.98. The average molecular weight is 413 g/mol. The Bertz CT molecular complexity index is 511. The molecule has 1 aliphatic rings. The molecule has 6 nitrogen and oxygen atoms in total. The van der Waals surface area contributed by atoms with Gasteiger partial charge in [0.15, 0.2) is 6.29 Å². The van der Waals surface area contributed by atoms with Gasteiger partial charge in [-0.05, 0) is 70.4 Å². The molecule has 0 bridgehead atoms. The summed E-state index contributed by atoms with van der Waals surface area (Å²) in [4.78, 5) is 11.9. The van der Waals surface area contributed by atoms with Gasteiger partial charge >= 0.3 is 5.97 Å². The van der Waals surface area contributed by atoms with Crippen molar-refractivity contribution in [2.24, 2.45) is 0 Å². The van der Waals surface area contributed by atoms with E-state index in [1.807, 2.05) is 13.8 Å². The van der Waals surface area contributed by atoms with Crippen molar-refractivity contribution in [3.63, 3.8) is 0 Å². The second-order valence-electron chi connectivity index (χ2n) is 7.28. The molecule has 0 aromatic rings. The summed E-state index contributed by atoms with van der Waals surface area (Å²) in [5.41, 5.74) is 2.53. The van der Waals surface area contributed by atoms with E-state index in [0.29, 0.717) is 45.5 Å². The van der Waals surface area contributed by atoms with Crippen molar-refractivity contribution >= 4 is 5.97 Å². The van der Waals surface area contributed by atoms with Gasteiger partial charge in [-0.1, -0.05) is 18.4 Å². The molecule has 0 saturated carbocycles. The third-order valence-electron chi connectivity index (χ3n) is 4.98. The van der Waals surface area contributed by atoms with Gasteiger partial charge in [0.25, 0.3) is 0 Å². The predicted octanol–water partition coefficient (Wildman–Crippen LogP) is 4.40. The molecule has 0 radical (unpaired) electrons. The Hall–Kier alpha value is -1.37. The first kappa shape index (κ1) is 25.7. The predicted molar refractivity (Wildman–Crippen MR) is 113 cm³/mol. The number of unbranched alkanes of at least 4 members (excludes halogenated alkanes) is 3. The van der Waals surface area contributed by atoms with E-state index in [1.54, 1.807) is 0 Å². The Balaban J connectivity index is 2.63. The molecule has 2 N–H and O–H groups in total. The summed E-state index contributed by atoms with van der Waals surface area (Å²) in [5.74, 6) is 0.712. The van der Waals surface area contributed by atoms with Crippen LogP contribution >= 0.6 is 0 Å². The van der Waals surface area contributed by atoms with Crippen molar-refractivity contribution in [2.45, 2.75) is 90.8 Å². The van der Waals surface area contributed by atoms with E-state index in [4.69, 9.17) is 19.3 Å². The van der Waals surface area contributed by atoms with Gasteiger partial charge in [0.05, 0.1) is 13.2 Å². The van der Waals surface area contributed by atoms with E-state index in [-0.39, 0.29) is 12.6 Å². The summed E-state index contributed by atoms with van der Waals surface area (Å²) in [6.45, 7) is 5.35. The van der Waals surface area contributed by atoms with Crippen LogP contribution in [0.2, 0.25) is 0 Å². The van der Waals surface area contributed by atoms with Gasteiger partial charge in [-0.3, -0.25) is 4.79 Å². The summed E-state index contributed by atoms with van der Waals surface area (Å²) in [6.07, 6.45) is 10.7. The minimum Gasteiger partial charge on any atom is -0.494 e. The van der Waals surface area contributed by atoms with Crippen LogP contribution in [0.15, 0.2) is 23.0 Å². The summed E-state index contributed by atoms with van der Waals surface area (Å²) in [5, 5.41) is 18.6. The molecule has 0 heterocycles. The van der Waals surface area contributed by atoms with Crippen LogP contribution in [0.25, 0.3) is 0 Å². The number of carbonyl (C=O) groups excluding carboxylic acids is 1. The molecular formula is C23H40O6. The number of esters is 1. The van der Waals surface area contributed by atoms with Gasteiger partial charge in [-0.15, -0.1) is 0 Å². The zero-order valence-corrected chi connectivity index (χ0v) is 18.3. The molecule has 1 aliphatic carbocycles. The van der Waals surface area contributed by atoms with Crippen molar-refractivity contribution in [3.8, 4) is 0 Å². The smallest absolute Gasteiger partial charge is 0.306 e. The number of hydrogen-bond donors (Lipinski definition) is 2. The van der Waals surface area contributed by atoms with Crippen LogP contribution in [0, 0.1) is 0 Å². The number of hydrogen-bond acceptors (Lipinski definition) is 6. The zero-order chi connectivity index (χ0) is 21.3. The molecule has 0 spiro atoms. The van der Waals surface area contributed by atoms with Gasteiger partial charge in [0.2, 0.25) is 0 Å². The second-order valence-corrected chi connectivity index (χ2v) is 7.28. The molecular weight excluding hydrogens is 372 g/mol. The first-order chi connectivity index (χ1) is 14.1. The average Bonchev–Trinajstić information content (AvgIpc) is 2.70. The molecule has 0 fully saturated rings. The summed E-state index contributed by atoms with van der Waals surface area (Å²) in [7, 11) is 0. The van der Waals surface area contributed by atoms with Crippen LogP contribution in [0.1, 0.15) is 84.5 Å². The SMILES string of the molecule is CCOC(=O)CCC1=C(CCCCCCO)CCC=C1OCCCC(O)OCC. The maximum atomic E-state index is 11.9. The van der Waals surface area contributed by atoms with E-state index in [2.05, 4.69) is 6.08 Å². The van der Waals surface area contributed by atoms with Crippen molar-refractivity contribution in [1.29, 1.82) is 0 Å². The normalized spacial score (nSPS) is 15.2. The van der Waals surface area contributed by atoms with Gasteiger partial charge in [0, 0.05) is 26.1 Å². The maximum absolute atomic E-state index is 11.9. The van der Waals surface area contributed by atoms with Crippen molar-refractivity contribution in [2.75, 3.05) is 26.4 Å². The monoisotopic (exact) mass is 412 g/mol. The minimum atomic E-state index is -0.739. The third kappa shape index (κ3) is 11.4. The Morgan fingerprint density at radius 3 is 2.62 bits per heavy atom. The molecule has 1 rings (SSSR count). The molecule has 1 atom stereocenters. The van der Waals surface area contributed by atoms with E-state index in [0.717, 1.165) is 56.3 Å². The van der Waals surface area contributed by atoms with Crippen LogP contribution in [0.3, 0.4) is 0 Å². The van der Waals surface area contributed by atoms with Crippen LogP contribution < -0.4 is 0 Å². The number of aliphatic hydroxyl groups excluding tert-OH is 2. The summed E-state index contributed by atoms with van der Waals surface area (Å²) < 4.78 is 16.3. The van der Waals surface area contributed by atoms with Gasteiger partial charge < -0.3 is 24.4 Å². The lowest BCUT2D eigenvalue weighted by Crippen LogP contribution is -2.13.